The molecule has 2 N–H and O–H groups in total. The van der Waals surface area contributed by atoms with Crippen molar-refractivity contribution in [3.05, 3.63) is 47.5 Å². The van der Waals surface area contributed by atoms with Crippen LogP contribution in [0.1, 0.15) is 26.2 Å². The Labute approximate surface area is 169 Å². The lowest BCUT2D eigenvalue weighted by Crippen LogP contribution is -2.27. The van der Waals surface area contributed by atoms with Crippen LogP contribution in [0.3, 0.4) is 0 Å². The Balaban J connectivity index is 2.17. The molecule has 146 valence electrons. The van der Waals surface area contributed by atoms with Gasteiger partial charge >= 0.3 is 6.03 Å². The number of primary amides is 1. The molecule has 1 unspecified atom stereocenters. The average Bonchev–Trinajstić information content (AvgIpc) is 2.67. The smallest absolute Gasteiger partial charge is 0.329 e. The van der Waals surface area contributed by atoms with Crippen LogP contribution in [0.15, 0.2) is 42.5 Å². The van der Waals surface area contributed by atoms with E-state index in [-0.39, 0.29) is 0 Å². The van der Waals surface area contributed by atoms with Crippen molar-refractivity contribution in [1.29, 1.82) is 0 Å². The van der Waals surface area contributed by atoms with Crippen molar-refractivity contribution in [3.63, 3.8) is 0 Å². The number of hydrogen-bond donors (Lipinski definition) is 2. The first-order chi connectivity index (χ1) is 12.9. The Morgan fingerprint density at radius 3 is 2.63 bits per heavy atom. The quantitative estimate of drug-likeness (QED) is 0.448. The molecule has 0 aliphatic heterocycles. The van der Waals surface area contributed by atoms with Gasteiger partial charge in [0.05, 0.1) is 17.8 Å². The Morgan fingerprint density at radius 2 is 2.00 bits per heavy atom. The maximum Gasteiger partial charge on any atom is 0.329 e. The van der Waals surface area contributed by atoms with Crippen molar-refractivity contribution in [2.75, 3.05) is 11.4 Å². The molecule has 0 bridgehead atoms. The average molecular weight is 411 g/mol. The number of thiol groups is 1. The summed E-state index contributed by atoms with van der Waals surface area (Å²) in [5, 5.41) is 0.434. The summed E-state index contributed by atoms with van der Waals surface area (Å²) in [6, 6.07) is 11.4. The van der Waals surface area contributed by atoms with E-state index < -0.39 is 12.3 Å². The number of anilines is 1. The number of unbranched alkanes of at least 4 members (excludes halogenated alkanes) is 1. The number of carbonyl (C=O) groups excluding carboxylic acids is 1. The van der Waals surface area contributed by atoms with E-state index in [1.807, 2.05) is 0 Å². The van der Waals surface area contributed by atoms with Gasteiger partial charge in [-0.1, -0.05) is 43.8 Å². The van der Waals surface area contributed by atoms with E-state index in [4.69, 9.17) is 31.5 Å². The number of carbonyl (C=O) groups is 1. The molecule has 0 fully saturated rings. The van der Waals surface area contributed by atoms with Crippen LogP contribution in [0.5, 0.6) is 17.2 Å². The van der Waals surface area contributed by atoms with Gasteiger partial charge in [-0.3, -0.25) is 0 Å². The molecule has 6 nitrogen and oxygen atoms in total. The van der Waals surface area contributed by atoms with Crippen molar-refractivity contribution in [1.82, 2.24) is 0 Å². The molecule has 2 amide bonds. The largest absolute Gasteiger partial charge is 0.497 e. The SMILES string of the molecule is CCCCC(Oc1cccc(N(S)C(N)=O)c1)Oc1ccc(OC)cc1Cl. The third-order valence-electron chi connectivity index (χ3n) is 3.73. The zero-order valence-electron chi connectivity index (χ0n) is 15.2. The first-order valence-electron chi connectivity index (χ1n) is 8.50. The zero-order chi connectivity index (χ0) is 19.8. The molecule has 0 spiro atoms. The summed E-state index contributed by atoms with van der Waals surface area (Å²) in [7, 11) is 1.57. The molecule has 0 aliphatic carbocycles. The topological polar surface area (TPSA) is 74.0 Å². The van der Waals surface area contributed by atoms with Gasteiger partial charge in [0.1, 0.15) is 17.2 Å². The first-order valence-corrected chi connectivity index (χ1v) is 9.27. The number of benzene rings is 2. The van der Waals surface area contributed by atoms with E-state index >= 15 is 0 Å². The van der Waals surface area contributed by atoms with Crippen LogP contribution in [-0.2, 0) is 0 Å². The van der Waals surface area contributed by atoms with Crippen LogP contribution in [-0.4, -0.2) is 19.4 Å². The van der Waals surface area contributed by atoms with Crippen LogP contribution < -0.4 is 24.2 Å². The normalized spacial score (nSPS) is 11.6. The van der Waals surface area contributed by atoms with Crippen molar-refractivity contribution in [2.45, 2.75) is 32.5 Å². The molecule has 2 aromatic rings. The second-order valence-electron chi connectivity index (χ2n) is 5.75. The van der Waals surface area contributed by atoms with Crippen molar-refractivity contribution < 1.29 is 19.0 Å². The van der Waals surface area contributed by atoms with Gasteiger partial charge in [-0.2, -0.15) is 0 Å². The van der Waals surface area contributed by atoms with Crippen LogP contribution in [0, 0.1) is 0 Å². The fraction of sp³-hybridized carbons (Fsp3) is 0.316. The van der Waals surface area contributed by atoms with Crippen LogP contribution in [0.4, 0.5) is 10.5 Å². The molecule has 0 radical (unpaired) electrons. The second kappa shape index (κ2) is 10.2. The van der Waals surface area contributed by atoms with Crippen molar-refractivity contribution >= 4 is 36.1 Å². The number of nitrogens with two attached hydrogens (primary N) is 1. The minimum atomic E-state index is -0.681. The van der Waals surface area contributed by atoms with Crippen molar-refractivity contribution in [3.8, 4) is 17.2 Å². The van der Waals surface area contributed by atoms with Gasteiger partial charge in [0, 0.05) is 18.6 Å². The summed E-state index contributed by atoms with van der Waals surface area (Å²) >= 11 is 10.3. The molecule has 0 saturated carbocycles. The molecule has 0 saturated heterocycles. The fourth-order valence-electron chi connectivity index (χ4n) is 2.33. The van der Waals surface area contributed by atoms with Crippen LogP contribution >= 0.6 is 24.4 Å². The van der Waals surface area contributed by atoms with E-state index in [0.717, 1.165) is 17.1 Å². The van der Waals surface area contributed by atoms with E-state index in [9.17, 15) is 4.79 Å². The Kier molecular flexibility index (Phi) is 7.94. The number of urea groups is 1. The Morgan fingerprint density at radius 1 is 1.22 bits per heavy atom. The number of halogens is 1. The molecule has 0 aliphatic rings. The second-order valence-corrected chi connectivity index (χ2v) is 6.56. The molecule has 27 heavy (non-hydrogen) atoms. The summed E-state index contributed by atoms with van der Waals surface area (Å²) in [6.45, 7) is 2.09. The first kappa shape index (κ1) is 21.1. The van der Waals surface area contributed by atoms with E-state index in [0.29, 0.717) is 34.4 Å². The van der Waals surface area contributed by atoms with E-state index in [1.54, 1.807) is 49.6 Å². The van der Waals surface area contributed by atoms with Gasteiger partial charge in [-0.15, -0.1) is 0 Å². The molecule has 0 heterocycles. The van der Waals surface area contributed by atoms with Gasteiger partial charge in [-0.25, -0.2) is 9.10 Å². The van der Waals surface area contributed by atoms with Gasteiger partial charge < -0.3 is 19.9 Å². The maximum atomic E-state index is 11.3. The van der Waals surface area contributed by atoms with Gasteiger partial charge in [0.15, 0.2) is 0 Å². The molecular formula is C19H23ClN2O4S. The Hall–Kier alpha value is -2.25. The summed E-state index contributed by atoms with van der Waals surface area (Å²) in [6.07, 6.45) is 2.03. The highest BCUT2D eigenvalue weighted by atomic mass is 35.5. The third kappa shape index (κ3) is 6.15. The van der Waals surface area contributed by atoms with Gasteiger partial charge in [0.2, 0.25) is 6.29 Å². The number of rotatable bonds is 9. The standard InChI is InChI=1S/C19H23ClN2O4S/c1-3-4-8-18(26-17-10-9-14(24-2)12-16(17)20)25-15-7-5-6-13(11-15)22(27)19(21)23/h5-7,9-12,18,27H,3-4,8H2,1-2H3,(H2,21,23). The minimum Gasteiger partial charge on any atom is -0.497 e. The number of hydrogen-bond acceptors (Lipinski definition) is 5. The highest BCUT2D eigenvalue weighted by molar-refractivity contribution is 7.82. The highest BCUT2D eigenvalue weighted by Gasteiger charge is 2.16. The lowest BCUT2D eigenvalue weighted by atomic mass is 10.2. The van der Waals surface area contributed by atoms with Crippen LogP contribution in [0.2, 0.25) is 5.02 Å². The zero-order valence-corrected chi connectivity index (χ0v) is 16.9. The summed E-state index contributed by atoms with van der Waals surface area (Å²) in [5.41, 5.74) is 5.75. The number of methoxy groups -OCH3 is 1. The lowest BCUT2D eigenvalue weighted by molar-refractivity contribution is -0.00204. The summed E-state index contributed by atoms with van der Waals surface area (Å²) < 4.78 is 18.1. The monoisotopic (exact) mass is 410 g/mol. The van der Waals surface area contributed by atoms with Gasteiger partial charge in [-0.05, 0) is 30.7 Å². The summed E-state index contributed by atoms with van der Waals surface area (Å²) in [5.74, 6) is 1.67. The molecule has 2 aromatic carbocycles. The van der Waals surface area contributed by atoms with E-state index in [1.165, 1.54) is 0 Å². The minimum absolute atomic E-state index is 0.434. The van der Waals surface area contributed by atoms with Crippen LogP contribution in [0.25, 0.3) is 0 Å². The third-order valence-corrected chi connectivity index (χ3v) is 4.45. The Bertz CT molecular complexity index is 775. The van der Waals surface area contributed by atoms with E-state index in [2.05, 4.69) is 19.7 Å². The maximum absolute atomic E-state index is 11.3. The predicted octanol–water partition coefficient (Wildman–Crippen LogP) is 5.05. The number of nitrogens with zero attached hydrogens (tertiary/aromatic N) is 1. The molecular weight excluding hydrogens is 388 g/mol. The van der Waals surface area contributed by atoms with Gasteiger partial charge in [0.25, 0.3) is 0 Å². The number of amides is 2. The predicted molar refractivity (Wildman–Crippen MR) is 110 cm³/mol. The molecule has 1 atom stereocenters. The summed E-state index contributed by atoms with van der Waals surface area (Å²) in [4.78, 5) is 11.3. The molecule has 0 aromatic heterocycles. The highest BCUT2D eigenvalue weighted by Crippen LogP contribution is 2.31. The van der Waals surface area contributed by atoms with Crippen molar-refractivity contribution in [2.24, 2.45) is 5.73 Å². The molecule has 8 heteroatoms. The lowest BCUT2D eigenvalue weighted by Gasteiger charge is -2.22. The number of ether oxygens (including phenoxy) is 3. The fourth-order valence-corrected chi connectivity index (χ4v) is 2.67. The molecule has 2 rings (SSSR count).